The van der Waals surface area contributed by atoms with Crippen molar-refractivity contribution in [1.29, 1.82) is 0 Å². The zero-order valence-electron chi connectivity index (χ0n) is 7.61. The van der Waals surface area contributed by atoms with E-state index in [9.17, 15) is 9.18 Å². The van der Waals surface area contributed by atoms with E-state index in [2.05, 4.69) is 0 Å². The monoisotopic (exact) mass is 194 g/mol. The molecule has 1 aliphatic carbocycles. The highest BCUT2D eigenvalue weighted by Crippen LogP contribution is 2.49. The van der Waals surface area contributed by atoms with Crippen molar-refractivity contribution >= 4 is 5.97 Å². The van der Waals surface area contributed by atoms with E-state index in [1.165, 1.54) is 12.1 Å². The van der Waals surface area contributed by atoms with Crippen molar-refractivity contribution in [3.05, 3.63) is 35.6 Å². The predicted molar refractivity (Wildman–Crippen MR) is 49.5 cm³/mol. The molecule has 0 unspecified atom stereocenters. The summed E-state index contributed by atoms with van der Waals surface area (Å²) in [6.45, 7) is 0. The molecule has 1 saturated carbocycles. The van der Waals surface area contributed by atoms with Gasteiger partial charge in [-0.2, -0.15) is 0 Å². The maximum Gasteiger partial charge on any atom is 0.303 e. The Bertz CT molecular complexity index is 362. The Labute approximate surface area is 81.4 Å². The van der Waals surface area contributed by atoms with E-state index in [0.29, 0.717) is 0 Å². The number of hydrogen-bond acceptors (Lipinski definition) is 1. The smallest absolute Gasteiger partial charge is 0.303 e. The summed E-state index contributed by atoms with van der Waals surface area (Å²) in [6, 6.07) is 6.42. The zero-order chi connectivity index (χ0) is 10.1. The molecule has 2 atom stereocenters. The van der Waals surface area contributed by atoms with Gasteiger partial charge < -0.3 is 5.11 Å². The maximum absolute atomic E-state index is 12.8. The van der Waals surface area contributed by atoms with Crippen LogP contribution in [0.25, 0.3) is 0 Å². The van der Waals surface area contributed by atoms with Crippen LogP contribution < -0.4 is 0 Å². The van der Waals surface area contributed by atoms with E-state index in [4.69, 9.17) is 5.11 Å². The first kappa shape index (κ1) is 9.19. The van der Waals surface area contributed by atoms with Crippen molar-refractivity contribution < 1.29 is 14.3 Å². The lowest BCUT2D eigenvalue weighted by Gasteiger charge is -1.98. The van der Waals surface area contributed by atoms with Gasteiger partial charge in [-0.15, -0.1) is 0 Å². The van der Waals surface area contributed by atoms with Gasteiger partial charge in [0.15, 0.2) is 0 Å². The summed E-state index contributed by atoms with van der Waals surface area (Å²) < 4.78 is 12.8. The third kappa shape index (κ3) is 1.92. The summed E-state index contributed by atoms with van der Waals surface area (Å²) in [7, 11) is 0. The number of hydrogen-bond donors (Lipinski definition) is 1. The lowest BCUT2D eigenvalue weighted by atomic mass is 10.1. The van der Waals surface area contributed by atoms with Crippen molar-refractivity contribution in [2.24, 2.45) is 5.92 Å². The van der Waals surface area contributed by atoms with Gasteiger partial charge in [-0.25, -0.2) is 4.39 Å². The minimum absolute atomic E-state index is 0.196. The van der Waals surface area contributed by atoms with Crippen LogP contribution >= 0.6 is 0 Å². The molecule has 0 radical (unpaired) electrons. The third-order valence-electron chi connectivity index (χ3n) is 2.64. The fraction of sp³-hybridized carbons (Fsp3) is 0.364. The molecule has 0 spiro atoms. The fourth-order valence-corrected chi connectivity index (χ4v) is 1.84. The minimum atomic E-state index is -0.770. The van der Waals surface area contributed by atoms with Crippen LogP contribution in [0, 0.1) is 11.7 Å². The first-order chi connectivity index (χ1) is 6.66. The predicted octanol–water partition coefficient (Wildman–Crippen LogP) is 2.40. The van der Waals surface area contributed by atoms with Crippen LogP contribution in [0.2, 0.25) is 0 Å². The molecule has 0 bridgehead atoms. The lowest BCUT2D eigenvalue weighted by Crippen LogP contribution is -1.96. The van der Waals surface area contributed by atoms with Gasteiger partial charge in [0.2, 0.25) is 0 Å². The van der Waals surface area contributed by atoms with E-state index < -0.39 is 5.97 Å². The van der Waals surface area contributed by atoms with Crippen LogP contribution in [-0.2, 0) is 4.79 Å². The Morgan fingerprint density at radius 3 is 3.00 bits per heavy atom. The first-order valence-corrected chi connectivity index (χ1v) is 4.64. The molecule has 0 heterocycles. The molecular formula is C11H11FO2. The van der Waals surface area contributed by atoms with Crippen LogP contribution in [0.5, 0.6) is 0 Å². The first-order valence-electron chi connectivity index (χ1n) is 4.64. The van der Waals surface area contributed by atoms with Gasteiger partial charge >= 0.3 is 5.97 Å². The molecule has 3 heteroatoms. The highest BCUT2D eigenvalue weighted by Gasteiger charge is 2.39. The van der Waals surface area contributed by atoms with Crippen LogP contribution in [0.4, 0.5) is 4.39 Å². The van der Waals surface area contributed by atoms with Crippen molar-refractivity contribution in [3.8, 4) is 0 Å². The zero-order valence-corrected chi connectivity index (χ0v) is 7.61. The Morgan fingerprint density at radius 2 is 2.36 bits per heavy atom. The molecule has 1 aromatic rings. The maximum atomic E-state index is 12.8. The average molecular weight is 194 g/mol. The number of aliphatic carboxylic acids is 1. The number of rotatable bonds is 3. The molecule has 1 aromatic carbocycles. The van der Waals surface area contributed by atoms with Gasteiger partial charge in [-0.1, -0.05) is 12.1 Å². The summed E-state index contributed by atoms with van der Waals surface area (Å²) in [5.41, 5.74) is 0.927. The molecule has 1 aliphatic rings. The highest BCUT2D eigenvalue weighted by atomic mass is 19.1. The fourth-order valence-electron chi connectivity index (χ4n) is 1.84. The van der Waals surface area contributed by atoms with E-state index in [0.717, 1.165) is 12.0 Å². The summed E-state index contributed by atoms with van der Waals surface area (Å²) in [4.78, 5) is 10.4. The SMILES string of the molecule is O=C(O)C[C@H]1C[C@@H]1c1cccc(F)c1. The molecule has 2 rings (SSSR count). The number of carbonyl (C=O) groups is 1. The summed E-state index contributed by atoms with van der Waals surface area (Å²) in [5.74, 6) is -0.562. The van der Waals surface area contributed by atoms with Gasteiger partial charge in [0.25, 0.3) is 0 Å². The van der Waals surface area contributed by atoms with E-state index in [1.807, 2.05) is 6.07 Å². The summed E-state index contributed by atoms with van der Waals surface area (Å²) in [5, 5.41) is 8.57. The van der Waals surface area contributed by atoms with Gasteiger partial charge in [-0.05, 0) is 36.0 Å². The normalized spacial score (nSPS) is 24.6. The molecule has 14 heavy (non-hydrogen) atoms. The number of carboxylic acids is 1. The van der Waals surface area contributed by atoms with Gasteiger partial charge in [0.05, 0.1) is 0 Å². The molecule has 0 amide bonds. The Kier molecular flexibility index (Phi) is 2.23. The van der Waals surface area contributed by atoms with Gasteiger partial charge in [0.1, 0.15) is 5.82 Å². The lowest BCUT2D eigenvalue weighted by molar-refractivity contribution is -0.137. The molecule has 0 aliphatic heterocycles. The molecule has 2 nitrogen and oxygen atoms in total. The average Bonchev–Trinajstić information content (AvgIpc) is 2.82. The van der Waals surface area contributed by atoms with Crippen LogP contribution in [0.3, 0.4) is 0 Å². The standard InChI is InChI=1S/C11H11FO2/c12-9-3-1-2-7(4-9)10-5-8(10)6-11(13)14/h1-4,8,10H,5-6H2,(H,13,14)/t8-,10-/m1/s1. The molecule has 0 aromatic heterocycles. The van der Waals surface area contributed by atoms with E-state index in [1.54, 1.807) is 6.07 Å². The van der Waals surface area contributed by atoms with Crippen molar-refractivity contribution in [3.63, 3.8) is 0 Å². The second-order valence-electron chi connectivity index (χ2n) is 3.76. The number of benzene rings is 1. The quantitative estimate of drug-likeness (QED) is 0.802. The second kappa shape index (κ2) is 3.40. The van der Waals surface area contributed by atoms with Crippen molar-refractivity contribution in [1.82, 2.24) is 0 Å². The van der Waals surface area contributed by atoms with Crippen molar-refractivity contribution in [2.75, 3.05) is 0 Å². The van der Waals surface area contributed by atoms with Crippen LogP contribution in [-0.4, -0.2) is 11.1 Å². The Hall–Kier alpha value is -1.38. The third-order valence-corrected chi connectivity index (χ3v) is 2.64. The summed E-state index contributed by atoms with van der Waals surface area (Å²) in [6.07, 6.45) is 1.07. The topological polar surface area (TPSA) is 37.3 Å². The van der Waals surface area contributed by atoms with E-state index >= 15 is 0 Å². The van der Waals surface area contributed by atoms with Gasteiger partial charge in [0, 0.05) is 6.42 Å². The summed E-state index contributed by atoms with van der Waals surface area (Å²) >= 11 is 0. The molecular weight excluding hydrogens is 183 g/mol. The van der Waals surface area contributed by atoms with Crippen molar-refractivity contribution in [2.45, 2.75) is 18.8 Å². The Balaban J connectivity index is 2.02. The molecule has 1 N–H and O–H groups in total. The molecule has 1 fully saturated rings. The van der Waals surface area contributed by atoms with Gasteiger partial charge in [-0.3, -0.25) is 4.79 Å². The highest BCUT2D eigenvalue weighted by molar-refractivity contribution is 5.67. The Morgan fingerprint density at radius 1 is 1.57 bits per heavy atom. The van der Waals surface area contributed by atoms with E-state index in [-0.39, 0.29) is 24.1 Å². The largest absolute Gasteiger partial charge is 0.481 e. The molecule has 0 saturated heterocycles. The number of halogens is 1. The van der Waals surface area contributed by atoms with Crippen LogP contribution in [0.1, 0.15) is 24.3 Å². The minimum Gasteiger partial charge on any atom is -0.481 e. The molecule has 74 valence electrons. The van der Waals surface area contributed by atoms with Crippen LogP contribution in [0.15, 0.2) is 24.3 Å². The number of carboxylic acid groups (broad SMARTS) is 1. The second-order valence-corrected chi connectivity index (χ2v) is 3.76.